The number of carboxylic acid groups (broad SMARTS) is 1. The first-order valence-corrected chi connectivity index (χ1v) is 9.73. The van der Waals surface area contributed by atoms with Gasteiger partial charge in [0.1, 0.15) is 0 Å². The summed E-state index contributed by atoms with van der Waals surface area (Å²) in [5.41, 5.74) is -0.111. The topological polar surface area (TPSA) is 82.9 Å². The zero-order chi connectivity index (χ0) is 18.4. The van der Waals surface area contributed by atoms with E-state index in [0.717, 1.165) is 35.9 Å². The van der Waals surface area contributed by atoms with Crippen molar-refractivity contribution in [3.8, 4) is 0 Å². The molecule has 0 unspecified atom stereocenters. The first-order chi connectivity index (χ1) is 11.6. The number of ether oxygens (including phenoxy) is 1. The molecule has 0 aromatic carbocycles. The molecular weight excluding hydrogens is 340 g/mol. The third-order valence-electron chi connectivity index (χ3n) is 5.39. The second-order valence-corrected chi connectivity index (χ2v) is 9.62. The van der Waals surface area contributed by atoms with Crippen molar-refractivity contribution in [2.75, 3.05) is 18.0 Å². The molecule has 0 saturated carbocycles. The van der Waals surface area contributed by atoms with Crippen molar-refractivity contribution in [1.82, 2.24) is 4.98 Å². The zero-order valence-electron chi connectivity index (χ0n) is 15.4. The molecule has 0 radical (unpaired) electrons. The van der Waals surface area contributed by atoms with Gasteiger partial charge in [-0.2, -0.15) is 0 Å². The number of carbonyl (C=O) groups is 1. The van der Waals surface area contributed by atoms with Crippen molar-refractivity contribution in [2.24, 2.45) is 5.41 Å². The van der Waals surface area contributed by atoms with Crippen molar-refractivity contribution in [3.63, 3.8) is 0 Å². The van der Waals surface area contributed by atoms with Crippen molar-refractivity contribution in [1.29, 1.82) is 0 Å². The lowest BCUT2D eigenvalue weighted by Gasteiger charge is -2.50. The van der Waals surface area contributed by atoms with Gasteiger partial charge >= 0.3 is 5.97 Å². The van der Waals surface area contributed by atoms with Gasteiger partial charge in [-0.25, -0.2) is 9.78 Å². The molecule has 6 nitrogen and oxygen atoms in total. The molecule has 0 amide bonds. The first kappa shape index (κ1) is 18.6. The molecule has 2 atom stereocenters. The molecule has 1 aromatic rings. The molecule has 7 heteroatoms. The monoisotopic (exact) mass is 368 g/mol. The van der Waals surface area contributed by atoms with E-state index in [4.69, 9.17) is 4.74 Å². The number of aromatic carboxylic acids is 1. The summed E-state index contributed by atoms with van der Waals surface area (Å²) >= 11 is 1.43. The average Bonchev–Trinajstić information content (AvgIpc) is 2.88. The minimum Gasteiger partial charge on any atom is -0.476 e. The fourth-order valence-corrected chi connectivity index (χ4v) is 4.78. The summed E-state index contributed by atoms with van der Waals surface area (Å²) < 4.78 is 6.50. The first-order valence-electron chi connectivity index (χ1n) is 8.91. The minimum atomic E-state index is -0.972. The number of carboxylic acids is 1. The number of aliphatic hydroxyl groups excluding tert-OH is 1. The Morgan fingerprint density at radius 2 is 2.00 bits per heavy atom. The van der Waals surface area contributed by atoms with Crippen LogP contribution in [0.15, 0.2) is 0 Å². The van der Waals surface area contributed by atoms with E-state index in [1.54, 1.807) is 6.92 Å². The number of anilines is 1. The molecule has 25 heavy (non-hydrogen) atoms. The van der Waals surface area contributed by atoms with Crippen LogP contribution in [0.2, 0.25) is 0 Å². The molecule has 0 aliphatic carbocycles. The Bertz CT molecular complexity index is 644. The number of hydrogen-bond acceptors (Lipinski definition) is 6. The van der Waals surface area contributed by atoms with Gasteiger partial charge in [0.15, 0.2) is 10.8 Å². The molecule has 2 N–H and O–H groups in total. The van der Waals surface area contributed by atoms with Crippen LogP contribution in [-0.2, 0) is 4.74 Å². The highest BCUT2D eigenvalue weighted by atomic mass is 32.1. The van der Waals surface area contributed by atoms with Gasteiger partial charge in [-0.05, 0) is 25.2 Å². The number of rotatable bonds is 2. The highest BCUT2D eigenvalue weighted by Gasteiger charge is 2.46. The van der Waals surface area contributed by atoms with Crippen LogP contribution in [0.5, 0.6) is 0 Å². The summed E-state index contributed by atoms with van der Waals surface area (Å²) in [5, 5.41) is 20.3. The van der Waals surface area contributed by atoms with Crippen molar-refractivity contribution in [2.45, 2.75) is 71.2 Å². The normalized spacial score (nSPS) is 26.8. The zero-order valence-corrected chi connectivity index (χ0v) is 16.2. The van der Waals surface area contributed by atoms with Gasteiger partial charge in [-0.15, -0.1) is 11.3 Å². The van der Waals surface area contributed by atoms with E-state index < -0.39 is 5.97 Å². The van der Waals surface area contributed by atoms with Crippen LogP contribution in [0.4, 0.5) is 5.13 Å². The predicted octanol–water partition coefficient (Wildman–Crippen LogP) is 3.07. The van der Waals surface area contributed by atoms with Crippen molar-refractivity contribution < 1.29 is 19.7 Å². The summed E-state index contributed by atoms with van der Waals surface area (Å²) in [6, 6.07) is 0. The molecule has 1 aromatic heterocycles. The number of thiazole rings is 1. The molecule has 140 valence electrons. The lowest BCUT2D eigenvalue weighted by molar-refractivity contribution is -0.199. The Labute approximate surface area is 152 Å². The lowest BCUT2D eigenvalue weighted by atomic mass is 9.76. The average molecular weight is 368 g/mol. The highest BCUT2D eigenvalue weighted by Crippen LogP contribution is 2.43. The molecule has 2 aliphatic rings. The molecule has 3 heterocycles. The lowest BCUT2D eigenvalue weighted by Crippen LogP contribution is -2.55. The third-order valence-corrected chi connectivity index (χ3v) is 6.42. The molecule has 0 bridgehead atoms. The van der Waals surface area contributed by atoms with Crippen LogP contribution in [0.25, 0.3) is 0 Å². The summed E-state index contributed by atoms with van der Waals surface area (Å²) in [5.74, 6) is -0.972. The Morgan fingerprint density at radius 3 is 2.52 bits per heavy atom. The van der Waals surface area contributed by atoms with Gasteiger partial charge in [-0.3, -0.25) is 0 Å². The number of aromatic nitrogens is 1. The number of aliphatic hydroxyl groups is 1. The smallest absolute Gasteiger partial charge is 0.355 e. The number of aryl methyl sites for hydroxylation is 1. The summed E-state index contributed by atoms with van der Waals surface area (Å²) in [7, 11) is 0. The summed E-state index contributed by atoms with van der Waals surface area (Å²) in [6.45, 7) is 9.81. The Kier molecular flexibility index (Phi) is 4.85. The molecule has 2 fully saturated rings. The van der Waals surface area contributed by atoms with Crippen LogP contribution in [0, 0.1) is 12.3 Å². The maximum atomic E-state index is 11.2. The fraction of sp³-hybridized carbons (Fsp3) is 0.778. The number of hydrogen-bond donors (Lipinski definition) is 2. The fourth-order valence-electron chi connectivity index (χ4n) is 3.83. The second-order valence-electron chi connectivity index (χ2n) is 8.44. The second kappa shape index (κ2) is 6.52. The van der Waals surface area contributed by atoms with Crippen molar-refractivity contribution in [3.05, 3.63) is 10.6 Å². The van der Waals surface area contributed by atoms with E-state index in [9.17, 15) is 15.0 Å². The highest BCUT2D eigenvalue weighted by molar-refractivity contribution is 7.15. The molecular formula is C18H28N2O4S. The molecule has 2 saturated heterocycles. The molecule has 2 aliphatic heterocycles. The summed E-state index contributed by atoms with van der Waals surface area (Å²) in [6.07, 6.45) is 2.79. The predicted molar refractivity (Wildman–Crippen MR) is 97.6 cm³/mol. The van der Waals surface area contributed by atoms with Gasteiger partial charge < -0.3 is 19.8 Å². The standard InChI is InChI=1S/C18H28N2O4S/c1-11-14(15(22)23)19-16(25-11)20-7-5-18(6-8-20)10-12(21)9-13(24-18)17(2,3)4/h12-13,21H,5-10H2,1-4H3,(H,22,23)/t12-,13-/m1/s1. The van der Waals surface area contributed by atoms with Gasteiger partial charge in [0.25, 0.3) is 0 Å². The van der Waals surface area contributed by atoms with Crippen LogP contribution < -0.4 is 4.90 Å². The van der Waals surface area contributed by atoms with E-state index in [1.165, 1.54) is 11.3 Å². The molecule has 1 spiro atoms. The van der Waals surface area contributed by atoms with Crippen LogP contribution in [0.1, 0.15) is 61.8 Å². The van der Waals surface area contributed by atoms with E-state index in [1.807, 2.05) is 0 Å². The molecule has 3 rings (SSSR count). The van der Waals surface area contributed by atoms with E-state index in [2.05, 4.69) is 30.7 Å². The minimum absolute atomic E-state index is 0.00828. The van der Waals surface area contributed by atoms with Gasteiger partial charge in [0.2, 0.25) is 0 Å². The SMILES string of the molecule is Cc1sc(N2CCC3(CC2)C[C@H](O)C[C@H](C(C)(C)C)O3)nc1C(=O)O. The third kappa shape index (κ3) is 3.83. The van der Waals surface area contributed by atoms with Gasteiger partial charge in [0, 0.05) is 30.8 Å². The quantitative estimate of drug-likeness (QED) is 0.835. The Morgan fingerprint density at radius 1 is 1.36 bits per heavy atom. The van der Waals surface area contributed by atoms with E-state index in [-0.39, 0.29) is 28.9 Å². The van der Waals surface area contributed by atoms with Crippen LogP contribution >= 0.6 is 11.3 Å². The van der Waals surface area contributed by atoms with Crippen molar-refractivity contribution >= 4 is 22.4 Å². The van der Waals surface area contributed by atoms with E-state index >= 15 is 0 Å². The Balaban J connectivity index is 1.70. The summed E-state index contributed by atoms with van der Waals surface area (Å²) in [4.78, 5) is 18.4. The maximum absolute atomic E-state index is 11.2. The van der Waals surface area contributed by atoms with Gasteiger partial charge in [-0.1, -0.05) is 20.8 Å². The number of nitrogens with zero attached hydrogens (tertiary/aromatic N) is 2. The van der Waals surface area contributed by atoms with E-state index in [0.29, 0.717) is 12.8 Å². The largest absolute Gasteiger partial charge is 0.476 e. The number of piperidine rings is 1. The van der Waals surface area contributed by atoms with Crippen LogP contribution in [-0.4, -0.2) is 52.1 Å². The van der Waals surface area contributed by atoms with Gasteiger partial charge in [0.05, 0.1) is 17.8 Å². The van der Waals surface area contributed by atoms with Crippen LogP contribution in [0.3, 0.4) is 0 Å². The Hall–Kier alpha value is -1.18. The maximum Gasteiger partial charge on any atom is 0.355 e.